The zero-order valence-electron chi connectivity index (χ0n) is 8.74. The van der Waals surface area contributed by atoms with Crippen LogP contribution in [0.25, 0.3) is 0 Å². The first-order valence-corrected chi connectivity index (χ1v) is 5.29. The Labute approximate surface area is 101 Å². The van der Waals surface area contributed by atoms with E-state index in [9.17, 15) is 19.8 Å². The van der Waals surface area contributed by atoms with E-state index >= 15 is 0 Å². The van der Waals surface area contributed by atoms with Crippen LogP contribution in [-0.4, -0.2) is 11.9 Å². The van der Waals surface area contributed by atoms with Crippen LogP contribution in [0.2, 0.25) is 0 Å². The largest absolute Gasteiger partial charge is 0.548 e. The highest BCUT2D eigenvalue weighted by Crippen LogP contribution is 2.33. The third kappa shape index (κ3) is 2.09. The summed E-state index contributed by atoms with van der Waals surface area (Å²) < 4.78 is -1.55. The van der Waals surface area contributed by atoms with E-state index in [1.807, 2.05) is 0 Å². The van der Waals surface area contributed by atoms with E-state index in [1.54, 1.807) is 19.1 Å². The summed E-state index contributed by atoms with van der Waals surface area (Å²) in [6.45, 7) is 2.90. The summed E-state index contributed by atoms with van der Waals surface area (Å²) in [7, 11) is 0. The van der Waals surface area contributed by atoms with Gasteiger partial charge in [0.15, 0.2) is 0 Å². The smallest absolute Gasteiger partial charge is 0.0877 e. The molecule has 0 aromatic heterocycles. The van der Waals surface area contributed by atoms with E-state index in [-0.39, 0.29) is 11.1 Å². The highest BCUT2D eigenvalue weighted by atomic mass is 79.9. The molecule has 4 nitrogen and oxygen atoms in total. The molecule has 0 saturated carbocycles. The van der Waals surface area contributed by atoms with Crippen molar-refractivity contribution in [3.8, 4) is 0 Å². The van der Waals surface area contributed by atoms with Crippen molar-refractivity contribution in [2.75, 3.05) is 0 Å². The SMILES string of the molecule is Cc1cccc(C(C)(Br)C(=O)[O-])c1C(=O)[O-]. The van der Waals surface area contributed by atoms with E-state index in [1.165, 1.54) is 13.0 Å². The molecule has 0 aliphatic heterocycles. The average molecular weight is 285 g/mol. The number of hydrogen-bond acceptors (Lipinski definition) is 4. The molecule has 0 fully saturated rings. The predicted octanol–water partition coefficient (Wildman–Crippen LogP) is -0.281. The summed E-state index contributed by atoms with van der Waals surface area (Å²) in [5.41, 5.74) is 0.447. The molecule has 0 N–H and O–H groups in total. The van der Waals surface area contributed by atoms with Crippen LogP contribution in [0.3, 0.4) is 0 Å². The van der Waals surface area contributed by atoms with Gasteiger partial charge in [0.1, 0.15) is 0 Å². The number of carbonyl (C=O) groups is 2. The summed E-state index contributed by atoms with van der Waals surface area (Å²) in [6, 6.07) is 4.58. The van der Waals surface area contributed by atoms with Gasteiger partial charge in [-0.15, -0.1) is 0 Å². The van der Waals surface area contributed by atoms with Crippen molar-refractivity contribution in [2.24, 2.45) is 0 Å². The molecule has 0 heterocycles. The van der Waals surface area contributed by atoms with Gasteiger partial charge in [0, 0.05) is 5.56 Å². The van der Waals surface area contributed by atoms with Crippen LogP contribution in [0.4, 0.5) is 0 Å². The maximum absolute atomic E-state index is 11.0. The van der Waals surface area contributed by atoms with E-state index in [0.29, 0.717) is 5.56 Å². The minimum atomic E-state index is -1.55. The van der Waals surface area contributed by atoms with Crippen molar-refractivity contribution in [1.29, 1.82) is 0 Å². The van der Waals surface area contributed by atoms with Crippen molar-refractivity contribution in [2.45, 2.75) is 18.2 Å². The lowest BCUT2D eigenvalue weighted by atomic mass is 9.92. The highest BCUT2D eigenvalue weighted by molar-refractivity contribution is 9.10. The summed E-state index contributed by atoms with van der Waals surface area (Å²) in [5, 5.41) is 21.9. The van der Waals surface area contributed by atoms with Gasteiger partial charge in [0.05, 0.1) is 16.3 Å². The van der Waals surface area contributed by atoms with Crippen LogP contribution in [-0.2, 0) is 9.12 Å². The Bertz CT molecular complexity index is 451. The van der Waals surface area contributed by atoms with Gasteiger partial charge >= 0.3 is 0 Å². The summed E-state index contributed by atoms with van der Waals surface area (Å²) in [6.07, 6.45) is 0. The fraction of sp³-hybridized carbons (Fsp3) is 0.273. The molecule has 5 heteroatoms. The lowest BCUT2D eigenvalue weighted by Gasteiger charge is -2.28. The molecular formula is C11H9BrO4-2. The molecule has 1 unspecified atom stereocenters. The number of aliphatic carboxylic acids is 1. The van der Waals surface area contributed by atoms with Gasteiger partial charge in [-0.3, -0.25) is 0 Å². The first-order chi connectivity index (χ1) is 7.28. The summed E-state index contributed by atoms with van der Waals surface area (Å²) in [5.74, 6) is -2.80. The first kappa shape index (κ1) is 12.7. The Kier molecular flexibility index (Phi) is 3.38. The Morgan fingerprint density at radius 2 is 1.88 bits per heavy atom. The Morgan fingerprint density at radius 1 is 1.31 bits per heavy atom. The molecule has 0 aliphatic rings. The van der Waals surface area contributed by atoms with Gasteiger partial charge < -0.3 is 19.8 Å². The monoisotopic (exact) mass is 284 g/mol. The van der Waals surface area contributed by atoms with Crippen molar-refractivity contribution in [1.82, 2.24) is 0 Å². The van der Waals surface area contributed by atoms with Crippen molar-refractivity contribution < 1.29 is 19.8 Å². The van der Waals surface area contributed by atoms with E-state index < -0.39 is 16.3 Å². The van der Waals surface area contributed by atoms with Crippen LogP contribution in [0.1, 0.15) is 28.4 Å². The van der Waals surface area contributed by atoms with Crippen molar-refractivity contribution in [3.05, 3.63) is 34.9 Å². The van der Waals surface area contributed by atoms with Gasteiger partial charge in [0.25, 0.3) is 0 Å². The molecule has 1 rings (SSSR count). The molecule has 1 atom stereocenters. The highest BCUT2D eigenvalue weighted by Gasteiger charge is 2.28. The number of carboxylic acid groups (broad SMARTS) is 2. The number of carboxylic acids is 2. The van der Waals surface area contributed by atoms with Crippen LogP contribution in [0.5, 0.6) is 0 Å². The molecule has 16 heavy (non-hydrogen) atoms. The molecule has 0 spiro atoms. The molecule has 0 radical (unpaired) electrons. The average Bonchev–Trinajstić information content (AvgIpc) is 2.16. The number of hydrogen-bond donors (Lipinski definition) is 0. The lowest BCUT2D eigenvalue weighted by Crippen LogP contribution is -2.41. The Hall–Kier alpha value is -1.36. The topological polar surface area (TPSA) is 80.3 Å². The minimum Gasteiger partial charge on any atom is -0.548 e. The van der Waals surface area contributed by atoms with E-state index in [2.05, 4.69) is 15.9 Å². The molecular weight excluding hydrogens is 276 g/mol. The molecule has 86 valence electrons. The molecule has 1 aromatic rings. The third-order valence-corrected chi connectivity index (χ3v) is 3.12. The number of halogens is 1. The predicted molar refractivity (Wildman–Crippen MR) is 56.8 cm³/mol. The zero-order valence-corrected chi connectivity index (χ0v) is 10.3. The van der Waals surface area contributed by atoms with Crippen molar-refractivity contribution >= 4 is 27.9 Å². The summed E-state index contributed by atoms with van der Waals surface area (Å²) in [4.78, 5) is 21.9. The second-order valence-electron chi connectivity index (χ2n) is 3.58. The number of benzene rings is 1. The van der Waals surface area contributed by atoms with Crippen LogP contribution >= 0.6 is 15.9 Å². The van der Waals surface area contributed by atoms with E-state index in [4.69, 9.17) is 0 Å². The van der Waals surface area contributed by atoms with Crippen LogP contribution in [0.15, 0.2) is 18.2 Å². The molecule has 1 aromatic carbocycles. The molecule has 0 saturated heterocycles. The minimum absolute atomic E-state index is 0.118. The van der Waals surface area contributed by atoms with Crippen LogP contribution in [0, 0.1) is 6.92 Å². The number of carbonyl (C=O) groups excluding carboxylic acids is 2. The van der Waals surface area contributed by atoms with Gasteiger partial charge in [-0.25, -0.2) is 0 Å². The Morgan fingerprint density at radius 3 is 2.31 bits per heavy atom. The molecule has 0 amide bonds. The normalized spacial score (nSPS) is 14.2. The number of aromatic carboxylic acids is 1. The molecule has 0 aliphatic carbocycles. The van der Waals surface area contributed by atoms with Gasteiger partial charge in [0.2, 0.25) is 0 Å². The van der Waals surface area contributed by atoms with Gasteiger partial charge in [-0.05, 0) is 25.0 Å². The first-order valence-electron chi connectivity index (χ1n) is 4.50. The van der Waals surface area contributed by atoms with E-state index in [0.717, 1.165) is 0 Å². The van der Waals surface area contributed by atoms with Gasteiger partial charge in [-0.2, -0.15) is 0 Å². The van der Waals surface area contributed by atoms with Crippen LogP contribution < -0.4 is 10.2 Å². The standard InChI is InChI=1S/C11H11BrO4/c1-6-4-3-5-7(8(6)9(13)14)11(2,12)10(15)16/h3-5H,1-2H3,(H,13,14)(H,15,16)/p-2. The second kappa shape index (κ2) is 4.25. The number of rotatable bonds is 3. The fourth-order valence-electron chi connectivity index (χ4n) is 1.44. The maximum atomic E-state index is 11.0. The maximum Gasteiger partial charge on any atom is 0.0877 e. The second-order valence-corrected chi connectivity index (χ2v) is 5.16. The lowest BCUT2D eigenvalue weighted by molar-refractivity contribution is -0.308. The number of alkyl halides is 1. The summed E-state index contributed by atoms with van der Waals surface area (Å²) >= 11 is 2.95. The zero-order chi connectivity index (χ0) is 12.5. The number of aryl methyl sites for hydroxylation is 1. The van der Waals surface area contributed by atoms with Gasteiger partial charge in [-0.1, -0.05) is 34.1 Å². The van der Waals surface area contributed by atoms with Crippen molar-refractivity contribution in [3.63, 3.8) is 0 Å². The quantitative estimate of drug-likeness (QED) is 0.715. The third-order valence-electron chi connectivity index (χ3n) is 2.37. The Balaban J connectivity index is 3.51. The fourth-order valence-corrected chi connectivity index (χ4v) is 1.77. The molecule has 0 bridgehead atoms.